The average Bonchev–Trinajstić information content (AvgIpc) is 2.93. The second-order valence-corrected chi connectivity index (χ2v) is 6.15. The Hall–Kier alpha value is -2.76. The third-order valence-corrected chi connectivity index (χ3v) is 4.34. The molecule has 0 radical (unpaired) electrons. The van der Waals surface area contributed by atoms with Crippen LogP contribution in [0.15, 0.2) is 54.6 Å². The Bertz CT molecular complexity index is 928. The second-order valence-electron chi connectivity index (χ2n) is 6.15. The number of aromatic nitrogens is 1. The van der Waals surface area contributed by atoms with Gasteiger partial charge in [-0.05, 0) is 43.0 Å². The summed E-state index contributed by atoms with van der Waals surface area (Å²) in [6.45, 7) is 3.00. The molecule has 1 aromatic heterocycles. The smallest absolute Gasteiger partial charge is 0.352 e. The molecule has 0 unspecified atom stereocenters. The highest BCUT2D eigenvalue weighted by atomic mass is 19.4. The van der Waals surface area contributed by atoms with Gasteiger partial charge in [-0.25, -0.2) is 0 Å². The highest BCUT2D eigenvalue weighted by molar-refractivity contribution is 5.95. The van der Waals surface area contributed by atoms with Crippen molar-refractivity contribution in [3.8, 4) is 0 Å². The van der Waals surface area contributed by atoms with Crippen molar-refractivity contribution in [2.24, 2.45) is 0 Å². The van der Waals surface area contributed by atoms with E-state index in [2.05, 4.69) is 16.0 Å². The predicted molar refractivity (Wildman–Crippen MR) is 95.1 cm³/mol. The first-order valence-electron chi connectivity index (χ1n) is 8.37. The van der Waals surface area contributed by atoms with Gasteiger partial charge in [0.2, 0.25) is 0 Å². The van der Waals surface area contributed by atoms with Crippen LogP contribution < -0.4 is 5.32 Å². The highest BCUT2D eigenvalue weighted by Gasteiger charge is 2.34. The lowest BCUT2D eigenvalue weighted by molar-refractivity contribution is -0.137. The van der Waals surface area contributed by atoms with Crippen LogP contribution in [0.1, 0.15) is 28.0 Å². The number of aryl methyl sites for hydroxylation is 2. The maximum Gasteiger partial charge on any atom is 0.417 e. The zero-order valence-corrected chi connectivity index (χ0v) is 14.3. The van der Waals surface area contributed by atoms with Crippen LogP contribution in [0.4, 0.5) is 13.2 Å². The minimum atomic E-state index is -4.55. The lowest BCUT2D eigenvalue weighted by atomic mass is 10.1. The fourth-order valence-corrected chi connectivity index (χ4v) is 3.11. The number of para-hydroxylation sites is 1. The van der Waals surface area contributed by atoms with Crippen LogP contribution in [-0.2, 0) is 12.7 Å². The predicted octanol–water partition coefficient (Wildman–Crippen LogP) is 4.79. The van der Waals surface area contributed by atoms with Gasteiger partial charge in [-0.1, -0.05) is 30.3 Å². The van der Waals surface area contributed by atoms with E-state index >= 15 is 0 Å². The molecule has 26 heavy (non-hydrogen) atoms. The van der Waals surface area contributed by atoms with E-state index in [0.717, 1.165) is 22.7 Å². The number of hydrogen-bond acceptors (Lipinski definition) is 1. The summed E-state index contributed by atoms with van der Waals surface area (Å²) in [5.74, 6) is -0.702. The Kier molecular flexibility index (Phi) is 5.02. The van der Waals surface area contributed by atoms with E-state index in [9.17, 15) is 18.0 Å². The minimum absolute atomic E-state index is 0.303. The number of benzene rings is 2. The van der Waals surface area contributed by atoms with E-state index in [1.165, 1.54) is 18.2 Å². The SMILES string of the molecule is Cc1cc2ccccc2n1CCCNC(=O)c1ccccc1C(F)(F)F. The summed E-state index contributed by atoms with van der Waals surface area (Å²) in [6, 6.07) is 14.9. The lowest BCUT2D eigenvalue weighted by Gasteiger charge is -2.13. The van der Waals surface area contributed by atoms with Crippen molar-refractivity contribution in [3.05, 3.63) is 71.4 Å². The minimum Gasteiger partial charge on any atom is -0.352 e. The van der Waals surface area contributed by atoms with Crippen molar-refractivity contribution in [2.75, 3.05) is 6.54 Å². The summed E-state index contributed by atoms with van der Waals surface area (Å²) in [6.07, 6.45) is -3.92. The molecule has 3 nitrogen and oxygen atoms in total. The summed E-state index contributed by atoms with van der Waals surface area (Å²) in [5.41, 5.74) is 0.964. The summed E-state index contributed by atoms with van der Waals surface area (Å²) in [7, 11) is 0. The van der Waals surface area contributed by atoms with Crippen molar-refractivity contribution < 1.29 is 18.0 Å². The Morgan fingerprint density at radius 3 is 2.54 bits per heavy atom. The monoisotopic (exact) mass is 360 g/mol. The fourth-order valence-electron chi connectivity index (χ4n) is 3.11. The van der Waals surface area contributed by atoms with Gasteiger partial charge in [-0.3, -0.25) is 4.79 Å². The van der Waals surface area contributed by atoms with Crippen molar-refractivity contribution in [3.63, 3.8) is 0 Å². The van der Waals surface area contributed by atoms with Gasteiger partial charge in [0.25, 0.3) is 5.91 Å². The van der Waals surface area contributed by atoms with Gasteiger partial charge >= 0.3 is 6.18 Å². The number of amides is 1. The number of hydrogen-bond donors (Lipinski definition) is 1. The standard InChI is InChI=1S/C20H19F3N2O/c1-14-13-15-7-2-5-10-18(15)25(14)12-6-11-24-19(26)16-8-3-4-9-17(16)20(21,22)23/h2-5,7-10,13H,6,11-12H2,1H3,(H,24,26). The van der Waals surface area contributed by atoms with E-state index in [0.29, 0.717) is 19.5 Å². The van der Waals surface area contributed by atoms with Gasteiger partial charge in [-0.2, -0.15) is 13.2 Å². The van der Waals surface area contributed by atoms with Crippen LogP contribution in [0.3, 0.4) is 0 Å². The maximum absolute atomic E-state index is 13.0. The Labute approximate surface area is 149 Å². The first-order valence-corrected chi connectivity index (χ1v) is 8.37. The number of nitrogens with zero attached hydrogens (tertiary/aromatic N) is 1. The van der Waals surface area contributed by atoms with E-state index < -0.39 is 17.6 Å². The highest BCUT2D eigenvalue weighted by Crippen LogP contribution is 2.31. The molecule has 0 fully saturated rings. The van der Waals surface area contributed by atoms with Crippen LogP contribution >= 0.6 is 0 Å². The van der Waals surface area contributed by atoms with Gasteiger partial charge in [0, 0.05) is 24.3 Å². The zero-order chi connectivity index (χ0) is 18.7. The van der Waals surface area contributed by atoms with E-state index in [1.807, 2.05) is 31.2 Å². The van der Waals surface area contributed by atoms with Gasteiger partial charge in [-0.15, -0.1) is 0 Å². The molecule has 1 heterocycles. The second kappa shape index (κ2) is 7.23. The molecule has 0 saturated carbocycles. The maximum atomic E-state index is 13.0. The number of alkyl halides is 3. The number of carbonyl (C=O) groups excluding carboxylic acids is 1. The molecule has 0 aliphatic rings. The molecule has 136 valence electrons. The summed E-state index contributed by atoms with van der Waals surface area (Å²) >= 11 is 0. The van der Waals surface area contributed by atoms with Crippen LogP contribution in [0, 0.1) is 6.92 Å². The summed E-state index contributed by atoms with van der Waals surface area (Å²) in [5, 5.41) is 3.74. The lowest BCUT2D eigenvalue weighted by Crippen LogP contribution is -2.27. The van der Waals surface area contributed by atoms with Crippen LogP contribution in [-0.4, -0.2) is 17.0 Å². The van der Waals surface area contributed by atoms with Gasteiger partial charge in [0.15, 0.2) is 0 Å². The average molecular weight is 360 g/mol. The number of nitrogens with one attached hydrogen (secondary N) is 1. The summed E-state index contributed by atoms with van der Waals surface area (Å²) < 4.78 is 41.1. The molecule has 1 amide bonds. The number of rotatable bonds is 5. The Balaban J connectivity index is 1.62. The van der Waals surface area contributed by atoms with Crippen LogP contribution in [0.2, 0.25) is 0 Å². The van der Waals surface area contributed by atoms with Crippen molar-refractivity contribution in [1.82, 2.24) is 9.88 Å². The number of halogens is 3. The zero-order valence-electron chi connectivity index (χ0n) is 14.3. The Morgan fingerprint density at radius 2 is 1.77 bits per heavy atom. The van der Waals surface area contributed by atoms with Crippen LogP contribution in [0.25, 0.3) is 10.9 Å². The van der Waals surface area contributed by atoms with E-state index in [4.69, 9.17) is 0 Å². The first kappa shape index (κ1) is 18.0. The Morgan fingerprint density at radius 1 is 1.08 bits per heavy atom. The first-order chi connectivity index (χ1) is 12.4. The molecule has 0 spiro atoms. The normalized spacial score (nSPS) is 11.7. The largest absolute Gasteiger partial charge is 0.417 e. The van der Waals surface area contributed by atoms with Crippen molar-refractivity contribution in [2.45, 2.75) is 26.1 Å². The fraction of sp³-hybridized carbons (Fsp3) is 0.250. The third-order valence-electron chi connectivity index (χ3n) is 4.34. The quantitative estimate of drug-likeness (QED) is 0.652. The molecular weight excluding hydrogens is 341 g/mol. The molecule has 0 atom stereocenters. The van der Waals surface area contributed by atoms with Crippen molar-refractivity contribution >= 4 is 16.8 Å². The topological polar surface area (TPSA) is 34.0 Å². The van der Waals surface area contributed by atoms with Gasteiger partial charge < -0.3 is 9.88 Å². The summed E-state index contributed by atoms with van der Waals surface area (Å²) in [4.78, 5) is 12.1. The molecule has 6 heteroatoms. The molecule has 0 saturated heterocycles. The third kappa shape index (κ3) is 3.74. The molecule has 1 N–H and O–H groups in total. The molecule has 3 aromatic rings. The number of carbonyl (C=O) groups is 1. The molecule has 2 aromatic carbocycles. The molecule has 0 bridgehead atoms. The van der Waals surface area contributed by atoms with E-state index in [1.54, 1.807) is 0 Å². The molecule has 0 aliphatic heterocycles. The number of fused-ring (bicyclic) bond motifs is 1. The van der Waals surface area contributed by atoms with Gasteiger partial charge in [0.05, 0.1) is 11.1 Å². The van der Waals surface area contributed by atoms with Gasteiger partial charge in [0.1, 0.15) is 0 Å². The molecule has 0 aliphatic carbocycles. The van der Waals surface area contributed by atoms with Crippen LogP contribution in [0.5, 0.6) is 0 Å². The van der Waals surface area contributed by atoms with E-state index in [-0.39, 0.29) is 5.56 Å². The molecule has 3 rings (SSSR count). The van der Waals surface area contributed by atoms with Crippen molar-refractivity contribution in [1.29, 1.82) is 0 Å². The molecular formula is C20H19F3N2O.